The molecule has 0 bridgehead atoms. The summed E-state index contributed by atoms with van der Waals surface area (Å²) in [6.07, 6.45) is 0. The van der Waals surface area contributed by atoms with E-state index in [1.807, 2.05) is 44.2 Å². The van der Waals surface area contributed by atoms with Gasteiger partial charge in [-0.1, -0.05) is 29.8 Å². The number of pyridine rings is 1. The van der Waals surface area contributed by atoms with Crippen LogP contribution in [-0.2, 0) is 0 Å². The Morgan fingerprint density at radius 3 is 2.56 bits per heavy atom. The number of nitrogens with one attached hydrogen (secondary N) is 1. The Bertz CT molecular complexity index is 1140. The van der Waals surface area contributed by atoms with Crippen LogP contribution in [0.4, 0.5) is 11.5 Å². The molecule has 0 aliphatic heterocycles. The third-order valence-corrected chi connectivity index (χ3v) is 4.35. The van der Waals surface area contributed by atoms with Gasteiger partial charge in [0.2, 0.25) is 5.88 Å². The van der Waals surface area contributed by atoms with Crippen LogP contribution >= 0.6 is 0 Å². The predicted molar refractivity (Wildman–Crippen MR) is 100 cm³/mol. The van der Waals surface area contributed by atoms with Crippen molar-refractivity contribution in [2.45, 2.75) is 20.8 Å². The summed E-state index contributed by atoms with van der Waals surface area (Å²) >= 11 is 0. The van der Waals surface area contributed by atoms with E-state index in [0.717, 1.165) is 32.9 Å². The molecule has 0 atom stereocenters. The highest BCUT2D eigenvalue weighted by atomic mass is 16.3. The monoisotopic (exact) mass is 330 g/mol. The molecule has 0 saturated heterocycles. The first-order valence-electron chi connectivity index (χ1n) is 8.13. The third-order valence-electron chi connectivity index (χ3n) is 4.35. The second-order valence-corrected chi connectivity index (χ2v) is 6.34. The maximum absolute atomic E-state index is 10.1. The maximum atomic E-state index is 10.1. The molecular weight excluding hydrogens is 312 g/mol. The number of hydrogen-bond donors (Lipinski definition) is 2. The fraction of sp³-hybridized carbons (Fsp3) is 0.150. The van der Waals surface area contributed by atoms with Gasteiger partial charge in [0.1, 0.15) is 0 Å². The topological polar surface area (TPSA) is 73.6 Å². The van der Waals surface area contributed by atoms with E-state index >= 15 is 0 Å². The number of fused-ring (bicyclic) bond motifs is 2. The van der Waals surface area contributed by atoms with Crippen molar-refractivity contribution in [2.24, 2.45) is 10.2 Å². The average Bonchev–Trinajstić information content (AvgIpc) is 2.89. The molecule has 5 heteroatoms. The van der Waals surface area contributed by atoms with Gasteiger partial charge >= 0.3 is 0 Å². The lowest BCUT2D eigenvalue weighted by atomic mass is 10.0. The van der Waals surface area contributed by atoms with E-state index in [1.54, 1.807) is 0 Å². The number of azo groups is 1. The number of para-hydroxylation sites is 1. The third kappa shape index (κ3) is 2.63. The number of rotatable bonds is 2. The molecule has 2 N–H and O–H groups in total. The smallest absolute Gasteiger partial charge is 0.218 e. The van der Waals surface area contributed by atoms with Gasteiger partial charge in [-0.2, -0.15) is 0 Å². The number of H-pyrrole nitrogens is 1. The normalized spacial score (nSPS) is 11.8. The Morgan fingerprint density at radius 2 is 1.72 bits per heavy atom. The van der Waals surface area contributed by atoms with E-state index in [4.69, 9.17) is 0 Å². The van der Waals surface area contributed by atoms with Crippen molar-refractivity contribution in [3.63, 3.8) is 0 Å². The summed E-state index contributed by atoms with van der Waals surface area (Å²) in [5.74, 6) is 0.538. The Kier molecular flexibility index (Phi) is 3.50. The van der Waals surface area contributed by atoms with Crippen LogP contribution < -0.4 is 0 Å². The minimum absolute atomic E-state index is 0.00858. The molecule has 2 aromatic carbocycles. The zero-order chi connectivity index (χ0) is 17.6. The first-order chi connectivity index (χ1) is 12.0. The highest BCUT2D eigenvalue weighted by molar-refractivity contribution is 5.94. The van der Waals surface area contributed by atoms with E-state index in [-0.39, 0.29) is 5.88 Å². The Balaban J connectivity index is 1.82. The Labute approximate surface area is 145 Å². The van der Waals surface area contributed by atoms with Crippen molar-refractivity contribution in [3.05, 3.63) is 59.2 Å². The van der Waals surface area contributed by atoms with E-state index in [1.165, 1.54) is 5.56 Å². The second kappa shape index (κ2) is 5.70. The first-order valence-corrected chi connectivity index (χ1v) is 8.13. The lowest BCUT2D eigenvalue weighted by Gasteiger charge is -2.07. The zero-order valence-corrected chi connectivity index (χ0v) is 14.3. The van der Waals surface area contributed by atoms with Crippen LogP contribution in [0.15, 0.2) is 52.7 Å². The number of nitrogens with zero attached hydrogens (tertiary/aromatic N) is 3. The van der Waals surface area contributed by atoms with E-state index in [9.17, 15) is 5.11 Å². The van der Waals surface area contributed by atoms with Gasteiger partial charge < -0.3 is 10.1 Å². The number of hydrogen-bond acceptors (Lipinski definition) is 4. The standard InChI is InChI=1S/C20H18N4O/c1-11-8-13(3)18-15(9-11)12(2)10-17(22-18)23-24-19-14-6-4-5-7-16(14)21-20(19)25/h4-10,21,25H,1-3H3. The average molecular weight is 330 g/mol. The largest absolute Gasteiger partial charge is 0.493 e. The fourth-order valence-electron chi connectivity index (χ4n) is 3.19. The minimum atomic E-state index is 0.00858. The minimum Gasteiger partial charge on any atom is -0.493 e. The molecule has 4 rings (SSSR count). The molecule has 0 fully saturated rings. The lowest BCUT2D eigenvalue weighted by Crippen LogP contribution is -1.89. The summed E-state index contributed by atoms with van der Waals surface area (Å²) in [5, 5.41) is 20.6. The van der Waals surface area contributed by atoms with Gasteiger partial charge in [-0.05, 0) is 50.1 Å². The second-order valence-electron chi connectivity index (χ2n) is 6.34. The zero-order valence-electron chi connectivity index (χ0n) is 14.3. The van der Waals surface area contributed by atoms with Gasteiger partial charge in [-0.15, -0.1) is 10.2 Å². The van der Waals surface area contributed by atoms with Crippen LogP contribution in [0, 0.1) is 20.8 Å². The molecule has 0 radical (unpaired) electrons. The number of aromatic amines is 1. The molecule has 124 valence electrons. The summed E-state index contributed by atoms with van der Waals surface area (Å²) in [6, 6.07) is 13.7. The molecule has 25 heavy (non-hydrogen) atoms. The number of aryl methyl sites for hydroxylation is 3. The van der Waals surface area contributed by atoms with Gasteiger partial charge in [0.25, 0.3) is 0 Å². The van der Waals surface area contributed by atoms with Crippen molar-refractivity contribution in [1.29, 1.82) is 0 Å². The van der Waals surface area contributed by atoms with Crippen LogP contribution in [0.2, 0.25) is 0 Å². The molecule has 5 nitrogen and oxygen atoms in total. The van der Waals surface area contributed by atoms with Crippen molar-refractivity contribution in [2.75, 3.05) is 0 Å². The summed E-state index contributed by atoms with van der Waals surface area (Å²) in [4.78, 5) is 7.53. The molecule has 4 aromatic rings. The molecule has 2 aromatic heterocycles. The first kappa shape index (κ1) is 15.3. The van der Waals surface area contributed by atoms with Crippen LogP contribution in [-0.4, -0.2) is 15.1 Å². The molecule has 0 spiro atoms. The molecule has 0 saturated carbocycles. The van der Waals surface area contributed by atoms with Crippen molar-refractivity contribution >= 4 is 33.3 Å². The number of aromatic nitrogens is 2. The van der Waals surface area contributed by atoms with E-state index in [2.05, 4.69) is 39.3 Å². The number of benzene rings is 2. The van der Waals surface area contributed by atoms with Gasteiger partial charge in [-0.3, -0.25) is 0 Å². The van der Waals surface area contributed by atoms with Crippen molar-refractivity contribution < 1.29 is 5.11 Å². The quantitative estimate of drug-likeness (QED) is 0.458. The molecule has 0 unspecified atom stereocenters. The van der Waals surface area contributed by atoms with E-state index < -0.39 is 0 Å². The maximum Gasteiger partial charge on any atom is 0.218 e. The van der Waals surface area contributed by atoms with Gasteiger partial charge in [0, 0.05) is 10.8 Å². The summed E-state index contributed by atoms with van der Waals surface area (Å²) < 4.78 is 0. The Hall–Kier alpha value is -3.21. The predicted octanol–water partition coefficient (Wildman–Crippen LogP) is 5.76. The highest BCUT2D eigenvalue weighted by Crippen LogP contribution is 2.36. The van der Waals surface area contributed by atoms with Crippen LogP contribution in [0.25, 0.3) is 21.8 Å². The van der Waals surface area contributed by atoms with Crippen LogP contribution in [0.5, 0.6) is 5.88 Å². The van der Waals surface area contributed by atoms with Gasteiger partial charge in [0.15, 0.2) is 11.5 Å². The van der Waals surface area contributed by atoms with Gasteiger partial charge in [0.05, 0.1) is 11.0 Å². The molecule has 0 aliphatic rings. The summed E-state index contributed by atoms with van der Waals surface area (Å²) in [5.41, 5.74) is 5.62. The van der Waals surface area contributed by atoms with E-state index in [0.29, 0.717) is 11.5 Å². The SMILES string of the molecule is Cc1cc(C)c2nc(N=Nc3c(O)[nH]c4ccccc34)cc(C)c2c1. The molecule has 0 aliphatic carbocycles. The van der Waals surface area contributed by atoms with Crippen LogP contribution in [0.1, 0.15) is 16.7 Å². The molecule has 0 amide bonds. The van der Waals surface area contributed by atoms with Crippen LogP contribution in [0.3, 0.4) is 0 Å². The number of aromatic hydroxyl groups is 1. The van der Waals surface area contributed by atoms with Crippen molar-refractivity contribution in [3.8, 4) is 5.88 Å². The summed E-state index contributed by atoms with van der Waals surface area (Å²) in [7, 11) is 0. The molecular formula is C20H18N4O. The lowest BCUT2D eigenvalue weighted by molar-refractivity contribution is 0.459. The van der Waals surface area contributed by atoms with Crippen molar-refractivity contribution in [1.82, 2.24) is 9.97 Å². The summed E-state index contributed by atoms with van der Waals surface area (Å²) in [6.45, 7) is 6.18. The fourth-order valence-corrected chi connectivity index (χ4v) is 3.19. The Morgan fingerprint density at radius 1 is 0.920 bits per heavy atom. The van der Waals surface area contributed by atoms with Gasteiger partial charge in [-0.25, -0.2) is 4.98 Å². The highest BCUT2D eigenvalue weighted by Gasteiger charge is 2.10. The molecule has 2 heterocycles.